The van der Waals surface area contributed by atoms with Crippen LogP contribution in [-0.2, 0) is 7.05 Å². The number of nitrogens with zero attached hydrogens (tertiary/aromatic N) is 4. The molecule has 0 unspecified atom stereocenters. The van der Waals surface area contributed by atoms with Gasteiger partial charge < -0.3 is 4.42 Å². The van der Waals surface area contributed by atoms with Crippen LogP contribution in [0.3, 0.4) is 0 Å². The number of tetrazole rings is 1. The van der Waals surface area contributed by atoms with Crippen LogP contribution in [-0.4, -0.2) is 26.5 Å². The van der Waals surface area contributed by atoms with E-state index >= 15 is 0 Å². The van der Waals surface area contributed by atoms with Gasteiger partial charge in [-0.1, -0.05) is 0 Å². The van der Waals surface area contributed by atoms with Gasteiger partial charge in [0, 0.05) is 7.05 Å². The molecule has 6 nitrogen and oxygen atoms in total. The maximum atomic E-state index is 10.3. The van der Waals surface area contributed by atoms with Gasteiger partial charge in [0.1, 0.15) is 0 Å². The topological polar surface area (TPSA) is 73.8 Å². The van der Waals surface area contributed by atoms with Crippen molar-refractivity contribution in [2.24, 2.45) is 7.05 Å². The van der Waals surface area contributed by atoms with E-state index in [0.717, 1.165) is 0 Å². The highest BCUT2D eigenvalue weighted by Crippen LogP contribution is 2.25. The minimum Gasteiger partial charge on any atom is -0.447 e. The zero-order valence-electron chi connectivity index (χ0n) is 7.25. The molecule has 2 rings (SSSR count). The van der Waals surface area contributed by atoms with Gasteiger partial charge in [-0.2, -0.15) is 0 Å². The smallest absolute Gasteiger partial charge is 0.216 e. The van der Waals surface area contributed by atoms with Crippen molar-refractivity contribution in [1.82, 2.24) is 20.2 Å². The van der Waals surface area contributed by atoms with Gasteiger partial charge >= 0.3 is 0 Å². The van der Waals surface area contributed by atoms with Gasteiger partial charge in [0.25, 0.3) is 0 Å². The monoisotopic (exact) mass is 210 g/mol. The summed E-state index contributed by atoms with van der Waals surface area (Å²) in [7, 11) is 1.73. The van der Waals surface area contributed by atoms with E-state index in [1.165, 1.54) is 16.4 Å². The second kappa shape index (κ2) is 3.62. The van der Waals surface area contributed by atoms with Crippen molar-refractivity contribution in [1.29, 1.82) is 0 Å². The van der Waals surface area contributed by atoms with Gasteiger partial charge in [0.15, 0.2) is 17.1 Å². The standard InChI is InChI=1S/C7H6N4O2S/c1-11-7(8-9-10-11)14-6-3-2-5(4-12)13-6/h2-4H,1H3. The molecule has 0 N–H and O–H groups in total. The zero-order valence-corrected chi connectivity index (χ0v) is 8.06. The van der Waals surface area contributed by atoms with E-state index in [0.29, 0.717) is 22.3 Å². The Labute approximate surface area is 83.3 Å². The van der Waals surface area contributed by atoms with E-state index in [9.17, 15) is 4.79 Å². The van der Waals surface area contributed by atoms with Crippen LogP contribution >= 0.6 is 11.8 Å². The maximum Gasteiger partial charge on any atom is 0.216 e. The first-order valence-electron chi connectivity index (χ1n) is 3.75. The van der Waals surface area contributed by atoms with Crippen molar-refractivity contribution < 1.29 is 9.21 Å². The summed E-state index contributed by atoms with van der Waals surface area (Å²) in [6.07, 6.45) is 0.652. The average molecular weight is 210 g/mol. The van der Waals surface area contributed by atoms with Crippen molar-refractivity contribution in [3.63, 3.8) is 0 Å². The predicted octanol–water partition coefficient (Wildman–Crippen LogP) is 0.767. The molecule has 0 bridgehead atoms. The highest BCUT2D eigenvalue weighted by Gasteiger charge is 2.08. The molecule has 2 aromatic heterocycles. The van der Waals surface area contributed by atoms with E-state index in [1.807, 2.05) is 0 Å². The SMILES string of the molecule is Cn1nnnc1Sc1ccc(C=O)o1. The second-order valence-electron chi connectivity index (χ2n) is 2.46. The van der Waals surface area contributed by atoms with Crippen molar-refractivity contribution in [3.05, 3.63) is 17.9 Å². The molecule has 0 atom stereocenters. The zero-order chi connectivity index (χ0) is 9.97. The van der Waals surface area contributed by atoms with E-state index in [-0.39, 0.29) is 0 Å². The number of furan rings is 1. The molecular weight excluding hydrogens is 204 g/mol. The number of aryl methyl sites for hydroxylation is 1. The normalized spacial score (nSPS) is 10.4. The van der Waals surface area contributed by atoms with Crippen LogP contribution in [0.25, 0.3) is 0 Å². The van der Waals surface area contributed by atoms with Crippen molar-refractivity contribution in [3.8, 4) is 0 Å². The average Bonchev–Trinajstić information content (AvgIpc) is 2.77. The van der Waals surface area contributed by atoms with Gasteiger partial charge in [-0.05, 0) is 34.3 Å². The second-order valence-corrected chi connectivity index (χ2v) is 3.43. The van der Waals surface area contributed by atoms with Crippen molar-refractivity contribution in [2.45, 2.75) is 10.2 Å². The van der Waals surface area contributed by atoms with Gasteiger partial charge in [-0.25, -0.2) is 4.68 Å². The molecule has 0 saturated carbocycles. The van der Waals surface area contributed by atoms with Crippen LogP contribution in [0.1, 0.15) is 10.6 Å². The van der Waals surface area contributed by atoms with Gasteiger partial charge in [0.2, 0.25) is 5.16 Å². The Balaban J connectivity index is 2.18. The molecule has 2 heterocycles. The third-order valence-electron chi connectivity index (χ3n) is 1.49. The molecule has 7 heteroatoms. The van der Waals surface area contributed by atoms with E-state index < -0.39 is 0 Å². The summed E-state index contributed by atoms with van der Waals surface area (Å²) >= 11 is 1.26. The highest BCUT2D eigenvalue weighted by molar-refractivity contribution is 7.99. The summed E-state index contributed by atoms with van der Waals surface area (Å²) in [5.74, 6) is 0.294. The van der Waals surface area contributed by atoms with Gasteiger partial charge in [-0.15, -0.1) is 5.10 Å². The van der Waals surface area contributed by atoms with Crippen LogP contribution in [0, 0.1) is 0 Å². The first-order valence-corrected chi connectivity index (χ1v) is 4.56. The van der Waals surface area contributed by atoms with Crippen molar-refractivity contribution >= 4 is 18.0 Å². The number of hydrogen-bond donors (Lipinski definition) is 0. The Bertz CT molecular complexity index is 450. The molecule has 0 fully saturated rings. The van der Waals surface area contributed by atoms with Gasteiger partial charge in [-0.3, -0.25) is 4.79 Å². The molecule has 0 spiro atoms. The Hall–Kier alpha value is -1.63. The van der Waals surface area contributed by atoms with E-state index in [1.54, 1.807) is 19.2 Å². The molecule has 0 amide bonds. The number of rotatable bonds is 3. The fourth-order valence-corrected chi connectivity index (χ4v) is 1.55. The molecule has 0 aliphatic heterocycles. The lowest BCUT2D eigenvalue weighted by molar-refractivity contribution is 0.109. The minimum absolute atomic E-state index is 0.294. The number of carbonyl (C=O) groups is 1. The molecule has 0 aliphatic rings. The lowest BCUT2D eigenvalue weighted by Gasteiger charge is -1.93. The Morgan fingerprint density at radius 1 is 1.57 bits per heavy atom. The van der Waals surface area contributed by atoms with Crippen LogP contribution < -0.4 is 0 Å². The lowest BCUT2D eigenvalue weighted by atomic mass is 10.5. The third kappa shape index (κ3) is 1.67. The summed E-state index contributed by atoms with van der Waals surface area (Å²) in [5.41, 5.74) is 0. The van der Waals surface area contributed by atoms with Crippen LogP contribution in [0.2, 0.25) is 0 Å². The summed E-state index contributed by atoms with van der Waals surface area (Å²) in [5, 5.41) is 12.1. The maximum absolute atomic E-state index is 10.3. The van der Waals surface area contributed by atoms with Crippen molar-refractivity contribution in [2.75, 3.05) is 0 Å². The largest absolute Gasteiger partial charge is 0.447 e. The fourth-order valence-electron chi connectivity index (χ4n) is 0.850. The minimum atomic E-state index is 0.294. The predicted molar refractivity (Wildman–Crippen MR) is 47.0 cm³/mol. The first kappa shape index (κ1) is 8.95. The number of carbonyl (C=O) groups excluding carboxylic acids is 1. The number of hydrogen-bond acceptors (Lipinski definition) is 6. The molecule has 0 radical (unpaired) electrons. The highest BCUT2D eigenvalue weighted by atomic mass is 32.2. The van der Waals surface area contributed by atoms with Crippen LogP contribution in [0.4, 0.5) is 0 Å². The molecule has 2 aromatic rings. The van der Waals surface area contributed by atoms with Gasteiger partial charge in [0.05, 0.1) is 0 Å². The summed E-state index contributed by atoms with van der Waals surface area (Å²) in [4.78, 5) is 10.3. The third-order valence-corrected chi connectivity index (χ3v) is 2.44. The Kier molecular flexibility index (Phi) is 2.32. The molecule has 0 aromatic carbocycles. The quantitative estimate of drug-likeness (QED) is 0.696. The lowest BCUT2D eigenvalue weighted by Crippen LogP contribution is -1.91. The van der Waals surface area contributed by atoms with Crippen LogP contribution in [0.15, 0.2) is 26.8 Å². The number of aldehydes is 1. The summed E-state index contributed by atoms with van der Waals surface area (Å²) in [6, 6.07) is 3.29. The molecule has 0 saturated heterocycles. The summed E-state index contributed by atoms with van der Waals surface area (Å²) in [6.45, 7) is 0. The fraction of sp³-hybridized carbons (Fsp3) is 0.143. The van der Waals surface area contributed by atoms with Crippen LogP contribution in [0.5, 0.6) is 0 Å². The first-order chi connectivity index (χ1) is 6.79. The molecule has 72 valence electrons. The molecular formula is C7H6N4O2S. The summed E-state index contributed by atoms with van der Waals surface area (Å²) < 4.78 is 6.67. The number of aromatic nitrogens is 4. The Morgan fingerprint density at radius 2 is 2.43 bits per heavy atom. The Morgan fingerprint density at radius 3 is 3.00 bits per heavy atom. The van der Waals surface area contributed by atoms with E-state index in [2.05, 4.69) is 15.5 Å². The van der Waals surface area contributed by atoms with E-state index in [4.69, 9.17) is 4.42 Å². The molecule has 0 aliphatic carbocycles. The molecule has 14 heavy (non-hydrogen) atoms.